The zero-order chi connectivity index (χ0) is 23.2. The quantitative estimate of drug-likeness (QED) is 0.302. The van der Waals surface area contributed by atoms with Gasteiger partial charge in [-0.25, -0.2) is 9.77 Å². The van der Waals surface area contributed by atoms with E-state index in [2.05, 4.69) is 15.6 Å². The molecule has 4 rings (SSSR count). The van der Waals surface area contributed by atoms with Crippen LogP contribution in [0.2, 0.25) is 5.02 Å². The number of rotatable bonds is 9. The van der Waals surface area contributed by atoms with E-state index in [0.717, 1.165) is 16.7 Å². The smallest absolute Gasteiger partial charge is 0.214 e. The maximum Gasteiger partial charge on any atom is 0.214 e. The Morgan fingerprint density at radius 3 is 2.55 bits per heavy atom. The molecule has 33 heavy (non-hydrogen) atoms. The number of methoxy groups -OCH3 is 2. The van der Waals surface area contributed by atoms with Crippen LogP contribution in [0.5, 0.6) is 17.2 Å². The number of ether oxygens (including phenoxy) is 3. The van der Waals surface area contributed by atoms with E-state index in [4.69, 9.17) is 38.0 Å². The number of halogens is 1. The Hall–Kier alpha value is -3.49. The highest BCUT2D eigenvalue weighted by atomic mass is 35.5. The van der Waals surface area contributed by atoms with Gasteiger partial charge >= 0.3 is 0 Å². The molecule has 3 aromatic carbocycles. The molecule has 0 unspecified atom stereocenters. The Morgan fingerprint density at radius 2 is 1.76 bits per heavy atom. The summed E-state index contributed by atoms with van der Waals surface area (Å²) < 4.78 is 19.1. The third-order valence-corrected chi connectivity index (χ3v) is 5.48. The number of benzene rings is 3. The molecular formula is C24H23ClN4O3S. The fourth-order valence-corrected chi connectivity index (χ4v) is 3.76. The number of nitrogens with zero attached hydrogens (tertiary/aromatic N) is 2. The number of aromatic nitrogens is 3. The van der Waals surface area contributed by atoms with Gasteiger partial charge in [-0.3, -0.25) is 0 Å². The highest BCUT2D eigenvalue weighted by molar-refractivity contribution is 7.71. The Morgan fingerprint density at radius 1 is 0.939 bits per heavy atom. The molecule has 0 aliphatic heterocycles. The summed E-state index contributed by atoms with van der Waals surface area (Å²) in [4.78, 5) is 0. The molecule has 2 N–H and O–H groups in total. The Kier molecular flexibility index (Phi) is 7.16. The first kappa shape index (κ1) is 22.7. The number of nitrogens with one attached hydrogen (secondary N) is 2. The van der Waals surface area contributed by atoms with E-state index < -0.39 is 0 Å². The maximum absolute atomic E-state index is 6.05. The summed E-state index contributed by atoms with van der Waals surface area (Å²) in [5.74, 6) is 2.62. The number of hydrogen-bond donors (Lipinski definition) is 2. The van der Waals surface area contributed by atoms with E-state index in [1.54, 1.807) is 18.9 Å². The van der Waals surface area contributed by atoms with Crippen LogP contribution in [0, 0.1) is 4.77 Å². The largest absolute Gasteiger partial charge is 0.496 e. The van der Waals surface area contributed by atoms with Crippen LogP contribution in [-0.4, -0.2) is 29.1 Å². The van der Waals surface area contributed by atoms with Crippen molar-refractivity contribution in [1.29, 1.82) is 0 Å². The first-order chi connectivity index (χ1) is 16.1. The summed E-state index contributed by atoms with van der Waals surface area (Å²) in [6.45, 7) is 0.877. The van der Waals surface area contributed by atoms with Crippen molar-refractivity contribution in [3.63, 3.8) is 0 Å². The Labute approximate surface area is 201 Å². The maximum atomic E-state index is 6.05. The van der Waals surface area contributed by atoms with E-state index in [1.165, 1.54) is 0 Å². The first-order valence-electron chi connectivity index (χ1n) is 10.2. The van der Waals surface area contributed by atoms with Crippen molar-refractivity contribution in [3.05, 3.63) is 87.7 Å². The monoisotopic (exact) mass is 482 g/mol. The molecule has 0 bridgehead atoms. The average Bonchev–Trinajstić information content (AvgIpc) is 3.21. The SMILES string of the molecule is COc1cc(CNn2c(-c3ccccc3OC)n[nH]c2=S)ccc1OCc1cccc(Cl)c1. The van der Waals surface area contributed by atoms with Crippen LogP contribution < -0.4 is 19.6 Å². The van der Waals surface area contributed by atoms with Gasteiger partial charge < -0.3 is 19.6 Å². The van der Waals surface area contributed by atoms with E-state index in [9.17, 15) is 0 Å². The molecule has 0 radical (unpaired) electrons. The first-order valence-corrected chi connectivity index (χ1v) is 11.0. The molecule has 0 fully saturated rings. The second-order valence-electron chi connectivity index (χ2n) is 7.13. The van der Waals surface area contributed by atoms with Crippen LogP contribution in [0.15, 0.2) is 66.7 Å². The molecule has 0 saturated carbocycles. The number of aromatic amines is 1. The molecule has 1 aromatic heterocycles. The van der Waals surface area contributed by atoms with E-state index >= 15 is 0 Å². The molecule has 0 spiro atoms. The van der Waals surface area contributed by atoms with Crippen LogP contribution in [0.1, 0.15) is 11.1 Å². The molecule has 1 heterocycles. The topological polar surface area (TPSA) is 73.3 Å². The molecule has 0 saturated heterocycles. The summed E-state index contributed by atoms with van der Waals surface area (Å²) in [7, 11) is 3.24. The Bertz CT molecular complexity index is 1300. The van der Waals surface area contributed by atoms with Crippen LogP contribution in [0.3, 0.4) is 0 Å². The second-order valence-corrected chi connectivity index (χ2v) is 7.95. The zero-order valence-electron chi connectivity index (χ0n) is 18.2. The fraction of sp³-hybridized carbons (Fsp3) is 0.167. The van der Waals surface area contributed by atoms with Crippen LogP contribution in [0.4, 0.5) is 0 Å². The van der Waals surface area contributed by atoms with Gasteiger partial charge in [-0.15, -0.1) is 0 Å². The van der Waals surface area contributed by atoms with Crippen molar-refractivity contribution < 1.29 is 14.2 Å². The molecule has 0 amide bonds. The van der Waals surface area contributed by atoms with Crippen LogP contribution >= 0.6 is 23.8 Å². The molecule has 9 heteroatoms. The summed E-state index contributed by atoms with van der Waals surface area (Å²) in [6.07, 6.45) is 0. The lowest BCUT2D eigenvalue weighted by molar-refractivity contribution is 0.284. The van der Waals surface area contributed by atoms with Gasteiger partial charge in [-0.05, 0) is 59.7 Å². The van der Waals surface area contributed by atoms with Crippen molar-refractivity contribution in [1.82, 2.24) is 14.9 Å². The lowest BCUT2D eigenvalue weighted by Crippen LogP contribution is -2.16. The number of hydrogen-bond acceptors (Lipinski definition) is 6. The number of H-pyrrole nitrogens is 1. The summed E-state index contributed by atoms with van der Waals surface area (Å²) in [5.41, 5.74) is 6.10. The minimum Gasteiger partial charge on any atom is -0.496 e. The zero-order valence-corrected chi connectivity index (χ0v) is 19.7. The molecule has 7 nitrogen and oxygen atoms in total. The third kappa shape index (κ3) is 5.30. The molecule has 0 aliphatic carbocycles. The molecule has 0 aliphatic rings. The fourth-order valence-electron chi connectivity index (χ4n) is 3.35. The van der Waals surface area contributed by atoms with Gasteiger partial charge in [0.2, 0.25) is 4.77 Å². The van der Waals surface area contributed by atoms with Gasteiger partial charge in [0, 0.05) is 5.02 Å². The van der Waals surface area contributed by atoms with Gasteiger partial charge in [-0.1, -0.05) is 41.9 Å². The van der Waals surface area contributed by atoms with Gasteiger partial charge in [0.05, 0.1) is 26.3 Å². The van der Waals surface area contributed by atoms with Gasteiger partial charge in [-0.2, -0.15) is 5.10 Å². The minimum atomic E-state index is 0.390. The lowest BCUT2D eigenvalue weighted by Gasteiger charge is -2.14. The van der Waals surface area contributed by atoms with Crippen molar-refractivity contribution in [2.45, 2.75) is 13.2 Å². The normalized spacial score (nSPS) is 10.6. The van der Waals surface area contributed by atoms with Crippen molar-refractivity contribution in [2.24, 2.45) is 0 Å². The minimum absolute atomic E-state index is 0.390. The predicted octanol–water partition coefficient (Wildman–Crippen LogP) is 5.60. The predicted molar refractivity (Wildman–Crippen MR) is 131 cm³/mol. The molecular weight excluding hydrogens is 460 g/mol. The van der Waals surface area contributed by atoms with E-state index in [0.29, 0.717) is 46.0 Å². The van der Waals surface area contributed by atoms with E-state index in [1.807, 2.05) is 66.7 Å². The molecule has 0 atom stereocenters. The third-order valence-electron chi connectivity index (χ3n) is 4.97. The standard InChI is InChI=1S/C24H23ClN4O3S/c1-30-20-9-4-3-8-19(20)23-27-28-24(33)29(23)26-14-16-10-11-21(22(13-16)31-2)32-15-17-6-5-7-18(25)12-17/h3-13,26H,14-15H2,1-2H3,(H,28,33). The summed E-state index contributed by atoms with van der Waals surface area (Å²) in [6, 6.07) is 21.0. The summed E-state index contributed by atoms with van der Waals surface area (Å²) >= 11 is 11.5. The summed E-state index contributed by atoms with van der Waals surface area (Å²) in [5, 5.41) is 7.87. The van der Waals surface area contributed by atoms with Gasteiger partial charge in [0.1, 0.15) is 12.4 Å². The second kappa shape index (κ2) is 10.4. The lowest BCUT2D eigenvalue weighted by atomic mass is 10.2. The van der Waals surface area contributed by atoms with Crippen molar-refractivity contribution >= 4 is 23.8 Å². The van der Waals surface area contributed by atoms with Crippen LogP contribution in [0.25, 0.3) is 11.4 Å². The highest BCUT2D eigenvalue weighted by Gasteiger charge is 2.14. The van der Waals surface area contributed by atoms with Crippen molar-refractivity contribution in [3.8, 4) is 28.6 Å². The highest BCUT2D eigenvalue weighted by Crippen LogP contribution is 2.30. The van der Waals surface area contributed by atoms with Crippen molar-refractivity contribution in [2.75, 3.05) is 19.6 Å². The number of para-hydroxylation sites is 1. The molecule has 170 valence electrons. The van der Waals surface area contributed by atoms with Gasteiger partial charge in [0.25, 0.3) is 0 Å². The Balaban J connectivity index is 1.49. The van der Waals surface area contributed by atoms with Crippen LogP contribution in [-0.2, 0) is 13.2 Å². The van der Waals surface area contributed by atoms with E-state index in [-0.39, 0.29) is 0 Å². The average molecular weight is 483 g/mol. The van der Waals surface area contributed by atoms with Gasteiger partial charge in [0.15, 0.2) is 17.3 Å². The molecule has 4 aromatic rings.